The van der Waals surface area contributed by atoms with Crippen molar-refractivity contribution in [1.29, 1.82) is 10.5 Å². The summed E-state index contributed by atoms with van der Waals surface area (Å²) in [5.41, 5.74) is 0.463. The number of hydrogen-bond donors (Lipinski definition) is 0. The van der Waals surface area contributed by atoms with Gasteiger partial charge in [-0.25, -0.2) is 0 Å². The average Bonchev–Trinajstić information content (AvgIpc) is 2.31. The van der Waals surface area contributed by atoms with Gasteiger partial charge in [0.05, 0.1) is 12.1 Å². The van der Waals surface area contributed by atoms with E-state index in [1.54, 1.807) is 19.1 Å². The van der Waals surface area contributed by atoms with E-state index in [0.29, 0.717) is 17.0 Å². The van der Waals surface area contributed by atoms with E-state index in [2.05, 4.69) is 6.58 Å². The van der Waals surface area contributed by atoms with Gasteiger partial charge in [0.15, 0.2) is 5.41 Å². The van der Waals surface area contributed by atoms with E-state index in [1.807, 2.05) is 24.3 Å². The lowest BCUT2D eigenvalue weighted by Gasteiger charge is -2.15. The molecule has 0 fully saturated rings. The van der Waals surface area contributed by atoms with Crippen molar-refractivity contribution in [3.05, 3.63) is 47.0 Å². The lowest BCUT2D eigenvalue weighted by Crippen LogP contribution is -2.15. The molecule has 0 heterocycles. The highest BCUT2D eigenvalue weighted by atomic mass is 35.5. The number of rotatable bonds is 3. The molecule has 0 aliphatic heterocycles. The van der Waals surface area contributed by atoms with Crippen LogP contribution in [0.3, 0.4) is 0 Å². The molecule has 0 aromatic heterocycles. The number of benzene rings is 1. The fraction of sp³-hybridized carbons (Fsp3) is 0.231. The maximum atomic E-state index is 8.92. The predicted octanol–water partition coefficient (Wildman–Crippen LogP) is 3.49. The molecule has 0 aliphatic carbocycles. The molecule has 80 valence electrons. The van der Waals surface area contributed by atoms with Crippen LogP contribution in [0.2, 0.25) is 5.02 Å². The molecule has 1 aromatic carbocycles. The van der Waals surface area contributed by atoms with Crippen molar-refractivity contribution in [2.45, 2.75) is 13.3 Å². The summed E-state index contributed by atoms with van der Waals surface area (Å²) in [5, 5.41) is 18.5. The maximum absolute atomic E-state index is 8.92. The second-order valence-electron chi connectivity index (χ2n) is 3.76. The predicted molar refractivity (Wildman–Crippen MR) is 63.6 cm³/mol. The lowest BCUT2D eigenvalue weighted by molar-refractivity contribution is 0.678. The smallest absolute Gasteiger partial charge is 0.161 e. The van der Waals surface area contributed by atoms with Crippen LogP contribution in [0, 0.1) is 28.1 Å². The topological polar surface area (TPSA) is 47.6 Å². The summed E-state index contributed by atoms with van der Waals surface area (Å²) in [4.78, 5) is 0. The van der Waals surface area contributed by atoms with E-state index >= 15 is 0 Å². The molecule has 3 heteroatoms. The summed E-state index contributed by atoms with van der Waals surface area (Å²) in [6.07, 6.45) is 0.509. The number of nitriles is 2. The van der Waals surface area contributed by atoms with E-state index in [-0.39, 0.29) is 0 Å². The van der Waals surface area contributed by atoms with Gasteiger partial charge < -0.3 is 0 Å². The van der Waals surface area contributed by atoms with Crippen LogP contribution in [-0.4, -0.2) is 0 Å². The molecule has 0 amide bonds. The number of allylic oxidation sites excluding steroid dienone is 1. The standard InChI is InChI=1S/C13H11ClN2/c1-10(13(2,8-15)9-16)7-11-3-5-12(14)6-4-11/h3-6H,1,7H2,2H3. The minimum atomic E-state index is -1.13. The van der Waals surface area contributed by atoms with Gasteiger partial charge >= 0.3 is 0 Å². The molecule has 0 spiro atoms. The fourth-order valence-corrected chi connectivity index (χ4v) is 1.33. The molecule has 1 aromatic rings. The van der Waals surface area contributed by atoms with Crippen LogP contribution in [0.1, 0.15) is 12.5 Å². The summed E-state index contributed by atoms with van der Waals surface area (Å²) in [6.45, 7) is 5.38. The van der Waals surface area contributed by atoms with Gasteiger partial charge in [0, 0.05) is 5.02 Å². The molecule has 0 atom stereocenters. The third kappa shape index (κ3) is 2.63. The first kappa shape index (κ1) is 12.3. The molecular weight excluding hydrogens is 220 g/mol. The van der Waals surface area contributed by atoms with Gasteiger partial charge in [-0.3, -0.25) is 0 Å². The largest absolute Gasteiger partial charge is 0.196 e. The van der Waals surface area contributed by atoms with Gasteiger partial charge in [0.25, 0.3) is 0 Å². The SMILES string of the molecule is C=C(Cc1ccc(Cl)cc1)C(C)(C#N)C#N. The molecule has 0 radical (unpaired) electrons. The first-order valence-electron chi connectivity index (χ1n) is 4.77. The summed E-state index contributed by atoms with van der Waals surface area (Å²) in [5.74, 6) is 0. The molecule has 16 heavy (non-hydrogen) atoms. The zero-order valence-corrected chi connectivity index (χ0v) is 9.75. The summed E-state index contributed by atoms with van der Waals surface area (Å²) in [7, 11) is 0. The van der Waals surface area contributed by atoms with Crippen LogP contribution in [0.25, 0.3) is 0 Å². The Kier molecular flexibility index (Phi) is 3.72. The Bertz CT molecular complexity index is 460. The highest BCUT2D eigenvalue weighted by Gasteiger charge is 2.26. The molecule has 0 saturated heterocycles. The average molecular weight is 231 g/mol. The zero-order valence-electron chi connectivity index (χ0n) is 9.00. The second kappa shape index (κ2) is 4.84. The Hall–Kier alpha value is -1.77. The maximum Gasteiger partial charge on any atom is 0.161 e. The Labute approximate surface area is 100 Å². The normalized spacial score (nSPS) is 10.2. The van der Waals surface area contributed by atoms with Crippen molar-refractivity contribution in [3.63, 3.8) is 0 Å². The van der Waals surface area contributed by atoms with E-state index in [1.165, 1.54) is 0 Å². The Morgan fingerprint density at radius 2 is 1.81 bits per heavy atom. The molecule has 0 N–H and O–H groups in total. The van der Waals surface area contributed by atoms with Crippen LogP contribution in [0.4, 0.5) is 0 Å². The zero-order chi connectivity index (χ0) is 12.2. The van der Waals surface area contributed by atoms with Gasteiger partial charge in [-0.05, 0) is 36.6 Å². The van der Waals surface area contributed by atoms with Crippen molar-refractivity contribution in [2.75, 3.05) is 0 Å². The van der Waals surface area contributed by atoms with Gasteiger partial charge in [-0.15, -0.1) is 0 Å². The monoisotopic (exact) mass is 230 g/mol. The quantitative estimate of drug-likeness (QED) is 0.747. The van der Waals surface area contributed by atoms with Crippen LogP contribution >= 0.6 is 11.6 Å². The summed E-state index contributed by atoms with van der Waals surface area (Å²) in [6, 6.07) is 11.2. The van der Waals surface area contributed by atoms with Crippen LogP contribution < -0.4 is 0 Å². The van der Waals surface area contributed by atoms with Gasteiger partial charge in [0.2, 0.25) is 0 Å². The Morgan fingerprint density at radius 3 is 2.25 bits per heavy atom. The van der Waals surface area contributed by atoms with Crippen molar-refractivity contribution >= 4 is 11.6 Å². The number of hydrogen-bond acceptors (Lipinski definition) is 2. The summed E-state index contributed by atoms with van der Waals surface area (Å²) >= 11 is 5.77. The minimum absolute atomic E-state index is 0.509. The molecule has 0 saturated carbocycles. The minimum Gasteiger partial charge on any atom is -0.196 e. The van der Waals surface area contributed by atoms with Crippen molar-refractivity contribution in [2.24, 2.45) is 5.41 Å². The molecule has 0 aliphatic rings. The Balaban J connectivity index is 2.85. The van der Waals surface area contributed by atoms with Crippen LogP contribution in [0.5, 0.6) is 0 Å². The highest BCUT2D eigenvalue weighted by Crippen LogP contribution is 2.27. The van der Waals surface area contributed by atoms with E-state index in [0.717, 1.165) is 5.56 Å². The van der Waals surface area contributed by atoms with Crippen molar-refractivity contribution in [1.82, 2.24) is 0 Å². The van der Waals surface area contributed by atoms with Gasteiger partial charge in [-0.1, -0.05) is 30.3 Å². The Morgan fingerprint density at radius 1 is 1.31 bits per heavy atom. The third-order valence-corrected chi connectivity index (χ3v) is 2.74. The van der Waals surface area contributed by atoms with Crippen molar-refractivity contribution in [3.8, 4) is 12.1 Å². The second-order valence-corrected chi connectivity index (χ2v) is 4.19. The lowest BCUT2D eigenvalue weighted by atomic mass is 9.83. The summed E-state index contributed by atoms with van der Waals surface area (Å²) < 4.78 is 0. The van der Waals surface area contributed by atoms with Crippen LogP contribution in [-0.2, 0) is 6.42 Å². The van der Waals surface area contributed by atoms with Crippen molar-refractivity contribution < 1.29 is 0 Å². The number of nitrogens with zero attached hydrogens (tertiary/aromatic N) is 2. The molecule has 2 nitrogen and oxygen atoms in total. The van der Waals surface area contributed by atoms with Crippen LogP contribution in [0.15, 0.2) is 36.4 Å². The highest BCUT2D eigenvalue weighted by molar-refractivity contribution is 6.30. The molecular formula is C13H11ClN2. The first-order valence-corrected chi connectivity index (χ1v) is 5.15. The fourth-order valence-electron chi connectivity index (χ4n) is 1.21. The molecule has 0 bridgehead atoms. The molecule has 0 unspecified atom stereocenters. The molecule has 1 rings (SSSR count). The third-order valence-electron chi connectivity index (χ3n) is 2.49. The van der Waals surface area contributed by atoms with E-state index < -0.39 is 5.41 Å². The van der Waals surface area contributed by atoms with Gasteiger partial charge in [0.1, 0.15) is 0 Å². The van der Waals surface area contributed by atoms with Gasteiger partial charge in [-0.2, -0.15) is 10.5 Å². The first-order chi connectivity index (χ1) is 7.51. The number of halogens is 1. The van der Waals surface area contributed by atoms with E-state index in [9.17, 15) is 0 Å². The van der Waals surface area contributed by atoms with E-state index in [4.69, 9.17) is 22.1 Å².